The molecule has 7 heteroatoms. The van der Waals surface area contributed by atoms with Gasteiger partial charge in [0.05, 0.1) is 15.9 Å². The van der Waals surface area contributed by atoms with E-state index in [1.165, 1.54) is 16.0 Å². The van der Waals surface area contributed by atoms with Crippen molar-refractivity contribution in [1.82, 2.24) is 14.4 Å². The highest BCUT2D eigenvalue weighted by Crippen LogP contribution is 2.31. The minimum Gasteiger partial charge on any atom is -0.269 e. The molecule has 0 unspecified atom stereocenters. The third-order valence-electron chi connectivity index (χ3n) is 3.15. The summed E-state index contributed by atoms with van der Waals surface area (Å²) in [6.45, 7) is 1.98. The lowest BCUT2D eigenvalue weighted by molar-refractivity contribution is 1.03. The van der Waals surface area contributed by atoms with E-state index in [9.17, 15) is 4.79 Å². The van der Waals surface area contributed by atoms with Crippen molar-refractivity contribution in [3.8, 4) is 0 Å². The van der Waals surface area contributed by atoms with Crippen LogP contribution in [0.25, 0.3) is 15.2 Å². The lowest BCUT2D eigenvalue weighted by Gasteiger charge is -1.98. The van der Waals surface area contributed by atoms with Crippen LogP contribution in [-0.2, 0) is 5.75 Å². The summed E-state index contributed by atoms with van der Waals surface area (Å²) in [6, 6.07) is 9.71. The molecule has 0 bridgehead atoms. The van der Waals surface area contributed by atoms with Gasteiger partial charge in [-0.15, -0.1) is 22.7 Å². The Morgan fingerprint density at radius 2 is 2.09 bits per heavy atom. The topological polar surface area (TPSA) is 47.3 Å². The van der Waals surface area contributed by atoms with Gasteiger partial charge in [-0.05, 0) is 19.1 Å². The Morgan fingerprint density at radius 1 is 1.23 bits per heavy atom. The minimum absolute atomic E-state index is 0.0192. The number of para-hydroxylation sites is 1. The molecule has 1 aromatic carbocycles. The maximum atomic E-state index is 12.1. The number of rotatable bonds is 3. The van der Waals surface area contributed by atoms with Gasteiger partial charge >= 0.3 is 0 Å². The zero-order chi connectivity index (χ0) is 15.1. The van der Waals surface area contributed by atoms with Crippen molar-refractivity contribution in [1.29, 1.82) is 0 Å². The van der Waals surface area contributed by atoms with E-state index in [0.29, 0.717) is 5.75 Å². The number of hydrogen-bond acceptors (Lipinski definition) is 6. The highest BCUT2D eigenvalue weighted by Gasteiger charge is 2.08. The third-order valence-corrected chi connectivity index (χ3v) is 6.26. The normalized spacial score (nSPS) is 11.5. The summed E-state index contributed by atoms with van der Waals surface area (Å²) in [5, 5.41) is 0. The maximum Gasteiger partial charge on any atom is 0.258 e. The van der Waals surface area contributed by atoms with Crippen LogP contribution >= 0.6 is 34.4 Å². The number of fused-ring (bicyclic) bond motifs is 2. The number of benzene rings is 1. The molecule has 0 aliphatic rings. The Hall–Kier alpha value is -1.70. The fraction of sp³-hybridized carbons (Fsp3) is 0.133. The van der Waals surface area contributed by atoms with Crippen LogP contribution in [-0.4, -0.2) is 14.4 Å². The summed E-state index contributed by atoms with van der Waals surface area (Å²) in [6.07, 6.45) is 1.83. The van der Waals surface area contributed by atoms with Crippen molar-refractivity contribution in [2.24, 2.45) is 0 Å². The van der Waals surface area contributed by atoms with Crippen molar-refractivity contribution in [2.75, 3.05) is 0 Å². The molecule has 0 fully saturated rings. The average Bonchev–Trinajstić information content (AvgIpc) is 3.07. The SMILES string of the molecule is Cc1cn2c(=O)cc(CSc3nc4ccccc4s3)nc2s1. The fourth-order valence-electron chi connectivity index (χ4n) is 2.18. The summed E-state index contributed by atoms with van der Waals surface area (Å²) < 4.78 is 3.79. The Kier molecular flexibility index (Phi) is 3.48. The first-order chi connectivity index (χ1) is 10.7. The second-order valence-corrected chi connectivity index (χ2v) is 8.28. The first-order valence-corrected chi connectivity index (χ1v) is 9.28. The zero-order valence-corrected chi connectivity index (χ0v) is 14.1. The highest BCUT2D eigenvalue weighted by molar-refractivity contribution is 8.00. The quantitative estimate of drug-likeness (QED) is 0.527. The number of nitrogens with zero attached hydrogens (tertiary/aromatic N) is 3. The minimum atomic E-state index is -0.0192. The van der Waals surface area contributed by atoms with Gasteiger partial charge in [0.15, 0.2) is 9.30 Å². The van der Waals surface area contributed by atoms with Crippen LogP contribution in [0.4, 0.5) is 0 Å². The monoisotopic (exact) mass is 345 g/mol. The summed E-state index contributed by atoms with van der Waals surface area (Å²) in [4.78, 5) is 23.1. The molecular formula is C15H11N3OS3. The molecule has 0 radical (unpaired) electrons. The molecule has 4 rings (SSSR count). The van der Waals surface area contributed by atoms with Crippen LogP contribution in [0, 0.1) is 6.92 Å². The van der Waals surface area contributed by atoms with Crippen LogP contribution in [0.1, 0.15) is 10.6 Å². The molecule has 22 heavy (non-hydrogen) atoms. The molecule has 0 aliphatic carbocycles. The first kappa shape index (κ1) is 13.9. The molecule has 110 valence electrons. The van der Waals surface area contributed by atoms with E-state index in [2.05, 4.69) is 16.0 Å². The first-order valence-electron chi connectivity index (χ1n) is 6.66. The molecule has 0 saturated heterocycles. The average molecular weight is 345 g/mol. The standard InChI is InChI=1S/C15H11N3OS3/c1-9-7-18-13(19)6-10(16-14(18)21-9)8-20-15-17-11-4-2-3-5-12(11)22-15/h2-7H,8H2,1H3. The molecule has 0 aliphatic heterocycles. The smallest absolute Gasteiger partial charge is 0.258 e. The lowest BCUT2D eigenvalue weighted by Crippen LogP contribution is -2.12. The molecular weight excluding hydrogens is 334 g/mol. The second-order valence-electron chi connectivity index (χ2n) is 4.82. The molecule has 0 amide bonds. The second kappa shape index (κ2) is 5.49. The van der Waals surface area contributed by atoms with Gasteiger partial charge in [0.1, 0.15) is 0 Å². The molecule has 0 N–H and O–H groups in total. The molecule has 4 aromatic rings. The van der Waals surface area contributed by atoms with E-state index in [4.69, 9.17) is 0 Å². The van der Waals surface area contributed by atoms with Gasteiger partial charge in [0.25, 0.3) is 5.56 Å². The van der Waals surface area contributed by atoms with E-state index < -0.39 is 0 Å². The number of hydrogen-bond donors (Lipinski definition) is 0. The predicted molar refractivity (Wildman–Crippen MR) is 93.3 cm³/mol. The molecule has 0 atom stereocenters. The van der Waals surface area contributed by atoms with Crippen molar-refractivity contribution >= 4 is 49.6 Å². The fourth-order valence-corrected chi connectivity index (χ4v) is 4.99. The summed E-state index contributed by atoms with van der Waals surface area (Å²) in [7, 11) is 0. The highest BCUT2D eigenvalue weighted by atomic mass is 32.2. The van der Waals surface area contributed by atoms with E-state index >= 15 is 0 Å². The Bertz CT molecular complexity index is 998. The van der Waals surface area contributed by atoms with Crippen LogP contribution in [0.3, 0.4) is 0 Å². The maximum absolute atomic E-state index is 12.1. The van der Waals surface area contributed by atoms with E-state index in [1.54, 1.807) is 33.6 Å². The number of thioether (sulfide) groups is 1. The largest absolute Gasteiger partial charge is 0.269 e. The summed E-state index contributed by atoms with van der Waals surface area (Å²) in [5.41, 5.74) is 1.80. The van der Waals surface area contributed by atoms with Crippen LogP contribution in [0.5, 0.6) is 0 Å². The molecule has 4 nitrogen and oxygen atoms in total. The van der Waals surface area contributed by atoms with Gasteiger partial charge in [-0.3, -0.25) is 9.20 Å². The van der Waals surface area contributed by atoms with Crippen LogP contribution < -0.4 is 5.56 Å². The Labute approximate surface area is 138 Å². The number of aryl methyl sites for hydroxylation is 1. The Balaban J connectivity index is 1.61. The number of thiazole rings is 2. The summed E-state index contributed by atoms with van der Waals surface area (Å²) in [5.74, 6) is 0.655. The van der Waals surface area contributed by atoms with Crippen molar-refractivity contribution in [3.05, 3.63) is 57.5 Å². The zero-order valence-electron chi connectivity index (χ0n) is 11.6. The van der Waals surface area contributed by atoms with Gasteiger partial charge in [0, 0.05) is 22.9 Å². The lowest BCUT2D eigenvalue weighted by atomic mass is 10.3. The molecule has 3 aromatic heterocycles. The number of aromatic nitrogens is 3. The molecule has 3 heterocycles. The van der Waals surface area contributed by atoms with Crippen molar-refractivity contribution in [2.45, 2.75) is 17.0 Å². The van der Waals surface area contributed by atoms with Gasteiger partial charge in [-0.2, -0.15) is 0 Å². The summed E-state index contributed by atoms with van der Waals surface area (Å²) >= 11 is 4.83. The molecule has 0 saturated carbocycles. The Morgan fingerprint density at radius 3 is 2.95 bits per heavy atom. The van der Waals surface area contributed by atoms with Crippen molar-refractivity contribution in [3.63, 3.8) is 0 Å². The third kappa shape index (κ3) is 2.55. The van der Waals surface area contributed by atoms with Crippen molar-refractivity contribution < 1.29 is 0 Å². The van der Waals surface area contributed by atoms with E-state index in [-0.39, 0.29) is 5.56 Å². The van der Waals surface area contributed by atoms with E-state index in [1.807, 2.05) is 31.3 Å². The van der Waals surface area contributed by atoms with E-state index in [0.717, 1.165) is 25.4 Å². The van der Waals surface area contributed by atoms with Gasteiger partial charge in [0.2, 0.25) is 0 Å². The van der Waals surface area contributed by atoms with Gasteiger partial charge in [-0.25, -0.2) is 9.97 Å². The van der Waals surface area contributed by atoms with Crippen LogP contribution in [0.2, 0.25) is 0 Å². The predicted octanol–water partition coefficient (Wildman–Crippen LogP) is 3.97. The molecule has 0 spiro atoms. The van der Waals surface area contributed by atoms with Gasteiger partial charge in [-0.1, -0.05) is 23.9 Å². The van der Waals surface area contributed by atoms with Crippen LogP contribution in [0.15, 0.2) is 45.7 Å². The van der Waals surface area contributed by atoms with Gasteiger partial charge < -0.3 is 0 Å².